The Morgan fingerprint density at radius 3 is 3.00 bits per heavy atom. The number of hydrogen-bond donors (Lipinski definition) is 1. The smallest absolute Gasteiger partial charge is 0.119 e. The summed E-state index contributed by atoms with van der Waals surface area (Å²) >= 11 is 5.19. The molecule has 0 radical (unpaired) electrons. The highest BCUT2D eigenvalue weighted by Gasteiger charge is 2.02. The normalized spacial score (nSPS) is 10.5. The van der Waals surface area contributed by atoms with Gasteiger partial charge in [-0.15, -0.1) is 11.3 Å². The van der Waals surface area contributed by atoms with Crippen molar-refractivity contribution >= 4 is 27.3 Å². The molecule has 0 saturated carbocycles. The molecule has 1 heterocycles. The number of benzene rings is 1. The molecule has 0 aliphatic rings. The summed E-state index contributed by atoms with van der Waals surface area (Å²) in [6.07, 6.45) is 1.82. The second-order valence-corrected chi connectivity index (χ2v) is 5.32. The van der Waals surface area contributed by atoms with Crippen LogP contribution < -0.4 is 10.1 Å². The van der Waals surface area contributed by atoms with Crippen molar-refractivity contribution in [3.8, 4) is 5.75 Å². The van der Waals surface area contributed by atoms with Crippen LogP contribution >= 0.6 is 27.3 Å². The molecule has 5 heteroatoms. The first-order valence-corrected chi connectivity index (χ1v) is 6.88. The van der Waals surface area contributed by atoms with Crippen LogP contribution in [0.25, 0.3) is 0 Å². The SMILES string of the molecule is COc1ccc(Br)c(CNCc2nccs2)c1. The van der Waals surface area contributed by atoms with E-state index in [2.05, 4.69) is 26.2 Å². The van der Waals surface area contributed by atoms with E-state index < -0.39 is 0 Å². The maximum Gasteiger partial charge on any atom is 0.119 e. The number of hydrogen-bond acceptors (Lipinski definition) is 4. The highest BCUT2D eigenvalue weighted by atomic mass is 79.9. The molecule has 0 aliphatic carbocycles. The predicted molar refractivity (Wildman–Crippen MR) is 73.4 cm³/mol. The van der Waals surface area contributed by atoms with Crippen LogP contribution in [0.15, 0.2) is 34.2 Å². The lowest BCUT2D eigenvalue weighted by Crippen LogP contribution is -2.12. The van der Waals surface area contributed by atoms with E-state index in [1.54, 1.807) is 18.4 Å². The lowest BCUT2D eigenvalue weighted by molar-refractivity contribution is 0.414. The van der Waals surface area contributed by atoms with Gasteiger partial charge in [-0.2, -0.15) is 0 Å². The summed E-state index contributed by atoms with van der Waals surface area (Å²) in [4.78, 5) is 4.22. The van der Waals surface area contributed by atoms with Crippen molar-refractivity contribution in [1.82, 2.24) is 10.3 Å². The highest BCUT2D eigenvalue weighted by molar-refractivity contribution is 9.10. The van der Waals surface area contributed by atoms with Crippen molar-refractivity contribution < 1.29 is 4.74 Å². The Kier molecular flexibility index (Phi) is 4.53. The van der Waals surface area contributed by atoms with Crippen molar-refractivity contribution in [3.63, 3.8) is 0 Å². The predicted octanol–water partition coefficient (Wildman–Crippen LogP) is 3.20. The Morgan fingerprint density at radius 1 is 1.41 bits per heavy atom. The van der Waals surface area contributed by atoms with E-state index in [1.807, 2.05) is 29.8 Å². The molecule has 17 heavy (non-hydrogen) atoms. The van der Waals surface area contributed by atoms with Crippen LogP contribution in [0.4, 0.5) is 0 Å². The molecule has 0 fully saturated rings. The first kappa shape index (κ1) is 12.5. The maximum absolute atomic E-state index is 5.20. The third-order valence-corrected chi connectivity index (χ3v) is 3.88. The molecule has 0 unspecified atom stereocenters. The van der Waals surface area contributed by atoms with Gasteiger partial charge >= 0.3 is 0 Å². The molecule has 1 aromatic heterocycles. The number of methoxy groups -OCH3 is 1. The number of thiazole rings is 1. The molecule has 3 nitrogen and oxygen atoms in total. The largest absolute Gasteiger partial charge is 0.497 e. The van der Waals surface area contributed by atoms with Gasteiger partial charge < -0.3 is 10.1 Å². The number of rotatable bonds is 5. The molecule has 2 aromatic rings. The average molecular weight is 313 g/mol. The molecule has 0 saturated heterocycles. The van der Waals surface area contributed by atoms with E-state index in [-0.39, 0.29) is 0 Å². The molecular formula is C12H13BrN2OS. The fraction of sp³-hybridized carbons (Fsp3) is 0.250. The fourth-order valence-electron chi connectivity index (χ4n) is 1.46. The maximum atomic E-state index is 5.20. The topological polar surface area (TPSA) is 34.1 Å². The molecule has 0 amide bonds. The molecule has 0 atom stereocenters. The van der Waals surface area contributed by atoms with Gasteiger partial charge in [-0.1, -0.05) is 15.9 Å². The van der Waals surface area contributed by atoms with Gasteiger partial charge in [-0.3, -0.25) is 0 Å². The van der Waals surface area contributed by atoms with E-state index in [4.69, 9.17) is 4.74 Å². The van der Waals surface area contributed by atoms with Crippen molar-refractivity contribution in [2.24, 2.45) is 0 Å². The number of nitrogens with zero attached hydrogens (tertiary/aromatic N) is 1. The fourth-order valence-corrected chi connectivity index (χ4v) is 2.43. The number of halogens is 1. The Labute approximate surface area is 113 Å². The summed E-state index contributed by atoms with van der Waals surface area (Å²) < 4.78 is 6.29. The van der Waals surface area contributed by atoms with Crippen LogP contribution in [0.5, 0.6) is 5.75 Å². The third kappa shape index (κ3) is 3.52. The van der Waals surface area contributed by atoms with E-state index in [9.17, 15) is 0 Å². The van der Waals surface area contributed by atoms with Crippen molar-refractivity contribution in [2.45, 2.75) is 13.1 Å². The van der Waals surface area contributed by atoms with E-state index in [0.717, 1.165) is 28.3 Å². The van der Waals surface area contributed by atoms with Crippen LogP contribution in [-0.2, 0) is 13.1 Å². The Balaban J connectivity index is 1.94. The minimum atomic E-state index is 0.789. The second kappa shape index (κ2) is 6.14. The zero-order valence-electron chi connectivity index (χ0n) is 9.44. The van der Waals surface area contributed by atoms with Gasteiger partial charge in [0, 0.05) is 29.1 Å². The van der Waals surface area contributed by atoms with Gasteiger partial charge in [0.1, 0.15) is 10.8 Å². The minimum absolute atomic E-state index is 0.789. The molecule has 1 N–H and O–H groups in total. The summed E-state index contributed by atoms with van der Waals surface area (Å²) in [6, 6.07) is 5.96. The average Bonchev–Trinajstić information content (AvgIpc) is 2.84. The van der Waals surface area contributed by atoms with Gasteiger partial charge in [-0.05, 0) is 23.8 Å². The van der Waals surface area contributed by atoms with Crippen LogP contribution in [-0.4, -0.2) is 12.1 Å². The van der Waals surface area contributed by atoms with Crippen LogP contribution in [0.2, 0.25) is 0 Å². The van der Waals surface area contributed by atoms with Crippen LogP contribution in [0.1, 0.15) is 10.6 Å². The number of ether oxygens (including phenoxy) is 1. The summed E-state index contributed by atoms with van der Waals surface area (Å²) in [7, 11) is 1.68. The number of aromatic nitrogens is 1. The first-order chi connectivity index (χ1) is 8.29. The third-order valence-electron chi connectivity index (χ3n) is 2.33. The summed E-state index contributed by atoms with van der Waals surface area (Å²) in [5, 5.41) is 6.44. The Bertz CT molecular complexity index is 473. The zero-order valence-corrected chi connectivity index (χ0v) is 11.8. The molecular weight excluding hydrogens is 300 g/mol. The Hall–Kier alpha value is -0.910. The quantitative estimate of drug-likeness (QED) is 0.920. The van der Waals surface area contributed by atoms with Gasteiger partial charge in [-0.25, -0.2) is 4.98 Å². The lowest BCUT2D eigenvalue weighted by Gasteiger charge is -2.08. The molecule has 90 valence electrons. The second-order valence-electron chi connectivity index (χ2n) is 3.49. The molecule has 0 spiro atoms. The lowest BCUT2D eigenvalue weighted by atomic mass is 10.2. The first-order valence-electron chi connectivity index (χ1n) is 5.21. The highest BCUT2D eigenvalue weighted by Crippen LogP contribution is 2.22. The van der Waals surface area contributed by atoms with Crippen molar-refractivity contribution in [2.75, 3.05) is 7.11 Å². The van der Waals surface area contributed by atoms with E-state index in [1.165, 1.54) is 5.56 Å². The van der Waals surface area contributed by atoms with Gasteiger partial charge in [0.25, 0.3) is 0 Å². The Morgan fingerprint density at radius 2 is 2.29 bits per heavy atom. The number of nitrogens with one attached hydrogen (secondary N) is 1. The molecule has 0 bridgehead atoms. The summed E-state index contributed by atoms with van der Waals surface area (Å²) in [5.74, 6) is 0.874. The molecule has 2 rings (SSSR count). The van der Waals surface area contributed by atoms with E-state index in [0.29, 0.717) is 0 Å². The summed E-state index contributed by atoms with van der Waals surface area (Å²) in [6.45, 7) is 1.58. The van der Waals surface area contributed by atoms with Gasteiger partial charge in [0.15, 0.2) is 0 Å². The summed E-state index contributed by atoms with van der Waals surface area (Å²) in [5.41, 5.74) is 1.18. The monoisotopic (exact) mass is 312 g/mol. The van der Waals surface area contributed by atoms with Gasteiger partial charge in [0.2, 0.25) is 0 Å². The van der Waals surface area contributed by atoms with Crippen LogP contribution in [0.3, 0.4) is 0 Å². The standard InChI is InChI=1S/C12H13BrN2OS/c1-16-10-2-3-11(13)9(6-10)7-14-8-12-15-4-5-17-12/h2-6,14H,7-8H2,1H3. The van der Waals surface area contributed by atoms with E-state index >= 15 is 0 Å². The van der Waals surface area contributed by atoms with Gasteiger partial charge in [0.05, 0.1) is 7.11 Å². The zero-order chi connectivity index (χ0) is 12.1. The molecule has 1 aromatic carbocycles. The van der Waals surface area contributed by atoms with Crippen molar-refractivity contribution in [3.05, 3.63) is 44.8 Å². The van der Waals surface area contributed by atoms with Crippen LogP contribution in [0, 0.1) is 0 Å². The van der Waals surface area contributed by atoms with Crippen molar-refractivity contribution in [1.29, 1.82) is 0 Å². The minimum Gasteiger partial charge on any atom is -0.497 e. The molecule has 0 aliphatic heterocycles.